The van der Waals surface area contributed by atoms with Gasteiger partial charge in [0.2, 0.25) is 0 Å². The number of amides is 1. The molecule has 1 heterocycles. The highest BCUT2D eigenvalue weighted by Crippen LogP contribution is 2.26. The lowest BCUT2D eigenvalue weighted by Gasteiger charge is -2.12. The summed E-state index contributed by atoms with van der Waals surface area (Å²) in [6.45, 7) is 2.51. The number of carbonyl (C=O) groups is 1. The zero-order valence-corrected chi connectivity index (χ0v) is 15.2. The molecule has 0 aliphatic heterocycles. The molecule has 0 radical (unpaired) electrons. The summed E-state index contributed by atoms with van der Waals surface area (Å²) in [7, 11) is 1.58. The van der Waals surface area contributed by atoms with Gasteiger partial charge in [0.1, 0.15) is 17.3 Å². The fourth-order valence-corrected chi connectivity index (χ4v) is 2.50. The lowest BCUT2D eigenvalue weighted by atomic mass is 10.2. The second kappa shape index (κ2) is 8.71. The Bertz CT molecular complexity index is 911. The average molecular weight is 363 g/mol. The molecule has 3 rings (SSSR count). The second-order valence-corrected chi connectivity index (χ2v) is 5.67. The molecule has 0 spiro atoms. The van der Waals surface area contributed by atoms with Gasteiger partial charge in [0.15, 0.2) is 0 Å². The van der Waals surface area contributed by atoms with Crippen molar-refractivity contribution in [3.63, 3.8) is 0 Å². The Balaban J connectivity index is 1.69. The highest BCUT2D eigenvalue weighted by atomic mass is 16.5. The van der Waals surface area contributed by atoms with Crippen LogP contribution in [0.15, 0.2) is 66.9 Å². The number of aromatic nitrogens is 1. The van der Waals surface area contributed by atoms with Gasteiger partial charge in [-0.1, -0.05) is 18.2 Å². The summed E-state index contributed by atoms with van der Waals surface area (Å²) in [5.41, 5.74) is 1.94. The first-order valence-electron chi connectivity index (χ1n) is 8.60. The van der Waals surface area contributed by atoms with Crippen LogP contribution in [0.1, 0.15) is 17.3 Å². The minimum absolute atomic E-state index is 0.239. The van der Waals surface area contributed by atoms with Gasteiger partial charge in [-0.25, -0.2) is 4.98 Å². The highest BCUT2D eigenvalue weighted by Gasteiger charge is 2.09. The zero-order valence-electron chi connectivity index (χ0n) is 15.2. The first-order valence-corrected chi connectivity index (χ1v) is 8.60. The molecule has 0 saturated carbocycles. The molecule has 0 aliphatic carbocycles. The van der Waals surface area contributed by atoms with Gasteiger partial charge in [-0.2, -0.15) is 0 Å². The van der Waals surface area contributed by atoms with Crippen LogP contribution < -0.4 is 20.1 Å². The van der Waals surface area contributed by atoms with Gasteiger partial charge >= 0.3 is 0 Å². The number of benzene rings is 2. The molecule has 2 N–H and O–H groups in total. The summed E-state index contributed by atoms with van der Waals surface area (Å²) in [6.07, 6.45) is 1.53. The van der Waals surface area contributed by atoms with Gasteiger partial charge in [-0.15, -0.1) is 0 Å². The highest BCUT2D eigenvalue weighted by molar-refractivity contribution is 6.04. The maximum atomic E-state index is 12.4. The van der Waals surface area contributed by atoms with Crippen LogP contribution in [0.4, 0.5) is 17.2 Å². The second-order valence-electron chi connectivity index (χ2n) is 5.67. The Hall–Kier alpha value is -3.54. The summed E-state index contributed by atoms with van der Waals surface area (Å²) < 4.78 is 10.8. The van der Waals surface area contributed by atoms with Crippen LogP contribution in [-0.2, 0) is 0 Å². The van der Waals surface area contributed by atoms with E-state index in [1.54, 1.807) is 31.4 Å². The number of hydrogen-bond donors (Lipinski definition) is 2. The van der Waals surface area contributed by atoms with Crippen molar-refractivity contribution in [3.8, 4) is 11.5 Å². The molecule has 0 bridgehead atoms. The normalized spacial score (nSPS) is 10.1. The smallest absolute Gasteiger partial charge is 0.257 e. The third-order valence-electron chi connectivity index (χ3n) is 3.80. The van der Waals surface area contributed by atoms with Crippen molar-refractivity contribution in [2.75, 3.05) is 24.4 Å². The van der Waals surface area contributed by atoms with Gasteiger partial charge in [-0.3, -0.25) is 4.79 Å². The predicted molar refractivity (Wildman–Crippen MR) is 106 cm³/mol. The van der Waals surface area contributed by atoms with E-state index in [9.17, 15) is 4.79 Å². The van der Waals surface area contributed by atoms with Gasteiger partial charge in [0.25, 0.3) is 5.91 Å². The van der Waals surface area contributed by atoms with Crippen molar-refractivity contribution in [1.82, 2.24) is 4.98 Å². The van der Waals surface area contributed by atoms with Crippen molar-refractivity contribution in [3.05, 3.63) is 72.4 Å². The molecule has 3 aromatic rings. The number of methoxy groups -OCH3 is 1. The summed E-state index contributed by atoms with van der Waals surface area (Å²) in [4.78, 5) is 16.7. The fourth-order valence-electron chi connectivity index (χ4n) is 2.50. The quantitative estimate of drug-likeness (QED) is 0.647. The average Bonchev–Trinajstić information content (AvgIpc) is 2.70. The van der Waals surface area contributed by atoms with E-state index in [0.29, 0.717) is 29.4 Å². The van der Waals surface area contributed by atoms with Crippen LogP contribution in [0.25, 0.3) is 0 Å². The Morgan fingerprint density at radius 1 is 1.07 bits per heavy atom. The fraction of sp³-hybridized carbons (Fsp3) is 0.143. The molecule has 1 aromatic heterocycles. The van der Waals surface area contributed by atoms with Gasteiger partial charge < -0.3 is 20.1 Å². The molecule has 0 atom stereocenters. The molecule has 6 heteroatoms. The number of nitrogens with zero attached hydrogens (tertiary/aromatic N) is 1. The molecule has 2 aromatic carbocycles. The molecule has 0 fully saturated rings. The van der Waals surface area contributed by atoms with Crippen LogP contribution in [0.5, 0.6) is 11.5 Å². The van der Waals surface area contributed by atoms with E-state index < -0.39 is 0 Å². The number of ether oxygens (including phenoxy) is 2. The lowest BCUT2D eigenvalue weighted by Crippen LogP contribution is -2.12. The summed E-state index contributed by atoms with van der Waals surface area (Å²) in [5.74, 6) is 1.82. The molecule has 138 valence electrons. The molecule has 27 heavy (non-hydrogen) atoms. The maximum absolute atomic E-state index is 12.4. The largest absolute Gasteiger partial charge is 0.497 e. The van der Waals surface area contributed by atoms with Crippen LogP contribution in [0.2, 0.25) is 0 Å². The number of carbonyl (C=O) groups excluding carboxylic acids is 1. The van der Waals surface area contributed by atoms with E-state index in [0.717, 1.165) is 11.4 Å². The SMILES string of the molecule is CCOc1ccccc1Nc1ccc(C(=O)Nc2cccc(OC)c2)cn1. The number of pyridine rings is 1. The van der Waals surface area contributed by atoms with E-state index in [2.05, 4.69) is 15.6 Å². The Morgan fingerprint density at radius 2 is 1.93 bits per heavy atom. The Kier molecular flexibility index (Phi) is 5.89. The van der Waals surface area contributed by atoms with E-state index in [1.165, 1.54) is 6.20 Å². The Labute approximate surface area is 158 Å². The summed E-state index contributed by atoms with van der Waals surface area (Å²) in [5, 5.41) is 6.03. The van der Waals surface area contributed by atoms with Crippen molar-refractivity contribution < 1.29 is 14.3 Å². The summed E-state index contributed by atoms with van der Waals surface area (Å²) >= 11 is 0. The lowest BCUT2D eigenvalue weighted by molar-refractivity contribution is 0.102. The van der Waals surface area contributed by atoms with Gasteiger partial charge in [0.05, 0.1) is 25.0 Å². The van der Waals surface area contributed by atoms with E-state index in [1.807, 2.05) is 43.3 Å². The minimum atomic E-state index is -0.239. The van der Waals surface area contributed by atoms with Crippen LogP contribution in [-0.4, -0.2) is 24.6 Å². The topological polar surface area (TPSA) is 72.5 Å². The van der Waals surface area contributed by atoms with Crippen molar-refractivity contribution in [2.45, 2.75) is 6.92 Å². The van der Waals surface area contributed by atoms with E-state index >= 15 is 0 Å². The number of hydrogen-bond acceptors (Lipinski definition) is 5. The molecule has 1 amide bonds. The molecule has 6 nitrogen and oxygen atoms in total. The number of anilines is 3. The molecule has 0 saturated heterocycles. The molecule has 0 unspecified atom stereocenters. The van der Waals surface area contributed by atoms with Crippen molar-refractivity contribution in [1.29, 1.82) is 0 Å². The number of nitrogens with one attached hydrogen (secondary N) is 2. The van der Waals surface area contributed by atoms with Crippen molar-refractivity contribution in [2.24, 2.45) is 0 Å². The van der Waals surface area contributed by atoms with Crippen LogP contribution in [0.3, 0.4) is 0 Å². The first-order chi connectivity index (χ1) is 13.2. The Morgan fingerprint density at radius 3 is 2.67 bits per heavy atom. The van der Waals surface area contributed by atoms with E-state index in [4.69, 9.17) is 9.47 Å². The maximum Gasteiger partial charge on any atom is 0.257 e. The van der Waals surface area contributed by atoms with Crippen molar-refractivity contribution >= 4 is 23.1 Å². The zero-order chi connectivity index (χ0) is 19.1. The molecular formula is C21H21N3O3. The van der Waals surface area contributed by atoms with Crippen LogP contribution in [0, 0.1) is 0 Å². The van der Waals surface area contributed by atoms with E-state index in [-0.39, 0.29) is 5.91 Å². The summed E-state index contributed by atoms with van der Waals surface area (Å²) in [6, 6.07) is 18.3. The van der Waals surface area contributed by atoms with Crippen LogP contribution >= 0.6 is 0 Å². The minimum Gasteiger partial charge on any atom is -0.497 e. The van der Waals surface area contributed by atoms with Gasteiger partial charge in [-0.05, 0) is 43.3 Å². The third kappa shape index (κ3) is 4.76. The first kappa shape index (κ1) is 18.3. The molecular weight excluding hydrogens is 342 g/mol. The number of rotatable bonds is 7. The standard InChI is InChI=1S/C21H21N3O3/c1-3-27-19-10-5-4-9-18(19)24-20-12-11-15(14-22-20)21(25)23-16-7-6-8-17(13-16)26-2/h4-14H,3H2,1-2H3,(H,22,24)(H,23,25). The van der Waals surface area contributed by atoms with Gasteiger partial charge in [0, 0.05) is 18.0 Å². The third-order valence-corrected chi connectivity index (χ3v) is 3.80. The number of para-hydroxylation sites is 2. The predicted octanol–water partition coefficient (Wildman–Crippen LogP) is 4.48. The monoisotopic (exact) mass is 363 g/mol. The molecule has 0 aliphatic rings.